The van der Waals surface area contributed by atoms with Crippen LogP contribution in [0.25, 0.3) is 0 Å². The number of likely N-dealkylation sites (N-methyl/N-ethyl adjacent to an activating group) is 1. The second-order valence-electron chi connectivity index (χ2n) is 5.30. The lowest BCUT2D eigenvalue weighted by molar-refractivity contribution is 0.321. The van der Waals surface area contributed by atoms with E-state index in [9.17, 15) is 0 Å². The van der Waals surface area contributed by atoms with E-state index in [1.54, 1.807) is 0 Å². The molecule has 2 aromatic carbocycles. The Bertz CT molecular complexity index is 522. The third-order valence-corrected chi connectivity index (χ3v) is 3.42. The average molecular weight is 269 g/mol. The molecule has 2 rings (SSSR count). The van der Waals surface area contributed by atoms with Gasteiger partial charge in [0.25, 0.3) is 0 Å². The molecular weight excluding hydrogens is 246 g/mol. The molecule has 0 atom stereocenters. The fourth-order valence-corrected chi connectivity index (χ4v) is 2.19. The maximum Gasteiger partial charge on any atom is 0.122 e. The Morgan fingerprint density at radius 1 is 0.950 bits per heavy atom. The number of benzene rings is 2. The molecule has 0 amide bonds. The Balaban J connectivity index is 1.90. The topological polar surface area (TPSA) is 12.5 Å². The van der Waals surface area contributed by atoms with E-state index in [4.69, 9.17) is 4.74 Å². The summed E-state index contributed by atoms with van der Waals surface area (Å²) in [4.78, 5) is 2.21. The van der Waals surface area contributed by atoms with E-state index in [1.165, 1.54) is 11.3 Å². The van der Waals surface area contributed by atoms with Gasteiger partial charge in [0.15, 0.2) is 0 Å². The fourth-order valence-electron chi connectivity index (χ4n) is 2.19. The van der Waals surface area contributed by atoms with Crippen LogP contribution in [-0.2, 0) is 0 Å². The molecule has 2 aromatic rings. The molecule has 2 nitrogen and oxygen atoms in total. The van der Waals surface area contributed by atoms with E-state index in [-0.39, 0.29) is 0 Å². The van der Waals surface area contributed by atoms with Crippen molar-refractivity contribution in [2.45, 2.75) is 19.8 Å². The highest BCUT2D eigenvalue weighted by Gasteiger charge is 2.07. The van der Waals surface area contributed by atoms with Gasteiger partial charge in [0.2, 0.25) is 0 Å². The smallest absolute Gasteiger partial charge is 0.122 e. The summed E-state index contributed by atoms with van der Waals surface area (Å²) in [6, 6.07) is 18.7. The Morgan fingerprint density at radius 3 is 2.30 bits per heavy atom. The number of ether oxygens (including phenoxy) is 1. The van der Waals surface area contributed by atoms with Crippen molar-refractivity contribution in [3.63, 3.8) is 0 Å². The molecule has 0 saturated carbocycles. The standard InChI is InChI=1S/C18H23NO/c1-15(2)17-11-7-8-12-18(17)20-14-13-19(3)16-9-5-4-6-10-16/h4-12,15H,13-14H2,1-3H3. The summed E-state index contributed by atoms with van der Waals surface area (Å²) in [5, 5.41) is 0. The third kappa shape index (κ3) is 3.77. The van der Waals surface area contributed by atoms with E-state index in [0.29, 0.717) is 12.5 Å². The van der Waals surface area contributed by atoms with Crippen LogP contribution in [0.3, 0.4) is 0 Å². The zero-order valence-corrected chi connectivity index (χ0v) is 12.5. The summed E-state index contributed by atoms with van der Waals surface area (Å²) in [6.45, 7) is 5.95. The number of anilines is 1. The summed E-state index contributed by atoms with van der Waals surface area (Å²) in [5.74, 6) is 1.49. The molecule has 106 valence electrons. The van der Waals surface area contributed by atoms with Crippen LogP contribution in [0.4, 0.5) is 5.69 Å². The first kappa shape index (κ1) is 14.4. The summed E-state index contributed by atoms with van der Waals surface area (Å²) in [6.07, 6.45) is 0. The van der Waals surface area contributed by atoms with Crippen LogP contribution in [0.1, 0.15) is 25.3 Å². The molecule has 20 heavy (non-hydrogen) atoms. The van der Waals surface area contributed by atoms with Crippen molar-refractivity contribution < 1.29 is 4.74 Å². The molecule has 0 aromatic heterocycles. The van der Waals surface area contributed by atoms with Gasteiger partial charge < -0.3 is 9.64 Å². The summed E-state index contributed by atoms with van der Waals surface area (Å²) in [7, 11) is 2.09. The Labute approximate surface area is 122 Å². The van der Waals surface area contributed by atoms with E-state index >= 15 is 0 Å². The molecular formula is C18H23NO. The van der Waals surface area contributed by atoms with Crippen molar-refractivity contribution in [3.05, 3.63) is 60.2 Å². The van der Waals surface area contributed by atoms with Gasteiger partial charge in [0.1, 0.15) is 12.4 Å². The quantitative estimate of drug-likeness (QED) is 0.774. The van der Waals surface area contributed by atoms with Crippen molar-refractivity contribution >= 4 is 5.69 Å². The molecule has 2 heteroatoms. The predicted octanol–water partition coefficient (Wildman–Crippen LogP) is 4.33. The molecule has 0 heterocycles. The van der Waals surface area contributed by atoms with Crippen LogP contribution in [0.2, 0.25) is 0 Å². The van der Waals surface area contributed by atoms with Crippen molar-refractivity contribution in [1.29, 1.82) is 0 Å². The maximum absolute atomic E-state index is 5.95. The molecule has 0 fully saturated rings. The summed E-state index contributed by atoms with van der Waals surface area (Å²) < 4.78 is 5.95. The molecule has 0 aliphatic rings. The largest absolute Gasteiger partial charge is 0.491 e. The van der Waals surface area contributed by atoms with Gasteiger partial charge in [-0.1, -0.05) is 50.2 Å². The number of rotatable bonds is 6. The molecule has 0 aliphatic heterocycles. The maximum atomic E-state index is 5.95. The van der Waals surface area contributed by atoms with E-state index in [1.807, 2.05) is 12.1 Å². The first-order valence-electron chi connectivity index (χ1n) is 7.16. The normalized spacial score (nSPS) is 10.6. The number of hydrogen-bond acceptors (Lipinski definition) is 2. The fraction of sp³-hybridized carbons (Fsp3) is 0.333. The van der Waals surface area contributed by atoms with Gasteiger partial charge in [-0.05, 0) is 29.7 Å². The van der Waals surface area contributed by atoms with Crippen LogP contribution in [-0.4, -0.2) is 20.2 Å². The van der Waals surface area contributed by atoms with Gasteiger partial charge >= 0.3 is 0 Å². The van der Waals surface area contributed by atoms with Gasteiger partial charge in [-0.3, -0.25) is 0 Å². The van der Waals surface area contributed by atoms with Gasteiger partial charge in [0.05, 0.1) is 6.54 Å². The Morgan fingerprint density at radius 2 is 1.60 bits per heavy atom. The summed E-state index contributed by atoms with van der Waals surface area (Å²) in [5.41, 5.74) is 2.49. The van der Waals surface area contributed by atoms with Crippen molar-refractivity contribution in [2.75, 3.05) is 25.1 Å². The number of para-hydroxylation sites is 2. The van der Waals surface area contributed by atoms with E-state index in [2.05, 4.69) is 68.3 Å². The molecule has 0 spiro atoms. The van der Waals surface area contributed by atoms with Crippen LogP contribution in [0, 0.1) is 0 Å². The lowest BCUT2D eigenvalue weighted by atomic mass is 10.0. The lowest BCUT2D eigenvalue weighted by Crippen LogP contribution is -2.23. The highest BCUT2D eigenvalue weighted by atomic mass is 16.5. The molecule has 0 aliphatic carbocycles. The zero-order valence-electron chi connectivity index (χ0n) is 12.5. The first-order chi connectivity index (χ1) is 9.68. The minimum absolute atomic E-state index is 0.484. The SMILES string of the molecule is CC(C)c1ccccc1OCCN(C)c1ccccc1. The van der Waals surface area contributed by atoms with Crippen molar-refractivity contribution in [3.8, 4) is 5.75 Å². The van der Waals surface area contributed by atoms with Crippen molar-refractivity contribution in [2.24, 2.45) is 0 Å². The van der Waals surface area contributed by atoms with Gasteiger partial charge in [-0.25, -0.2) is 0 Å². The minimum Gasteiger partial charge on any atom is -0.491 e. The highest BCUT2D eigenvalue weighted by molar-refractivity contribution is 5.45. The molecule has 0 radical (unpaired) electrons. The molecule has 0 bridgehead atoms. The Kier molecular flexibility index (Phi) is 5.05. The van der Waals surface area contributed by atoms with E-state index in [0.717, 1.165) is 12.3 Å². The second kappa shape index (κ2) is 6.99. The highest BCUT2D eigenvalue weighted by Crippen LogP contribution is 2.25. The molecule has 0 saturated heterocycles. The first-order valence-corrected chi connectivity index (χ1v) is 7.16. The van der Waals surface area contributed by atoms with Gasteiger partial charge in [-0.2, -0.15) is 0 Å². The predicted molar refractivity (Wildman–Crippen MR) is 85.7 cm³/mol. The van der Waals surface area contributed by atoms with Gasteiger partial charge in [-0.15, -0.1) is 0 Å². The lowest BCUT2D eigenvalue weighted by Gasteiger charge is -2.20. The Hall–Kier alpha value is -1.96. The van der Waals surface area contributed by atoms with Crippen LogP contribution < -0.4 is 9.64 Å². The molecule has 0 N–H and O–H groups in total. The van der Waals surface area contributed by atoms with Crippen LogP contribution in [0.5, 0.6) is 5.75 Å². The number of nitrogens with zero attached hydrogens (tertiary/aromatic N) is 1. The second-order valence-corrected chi connectivity index (χ2v) is 5.30. The van der Waals surface area contributed by atoms with E-state index < -0.39 is 0 Å². The monoisotopic (exact) mass is 269 g/mol. The average Bonchev–Trinajstić information content (AvgIpc) is 2.48. The van der Waals surface area contributed by atoms with Crippen molar-refractivity contribution in [1.82, 2.24) is 0 Å². The summed E-state index contributed by atoms with van der Waals surface area (Å²) >= 11 is 0. The third-order valence-electron chi connectivity index (χ3n) is 3.42. The zero-order chi connectivity index (χ0) is 14.4. The van der Waals surface area contributed by atoms with Crippen LogP contribution >= 0.6 is 0 Å². The number of hydrogen-bond donors (Lipinski definition) is 0. The van der Waals surface area contributed by atoms with Gasteiger partial charge in [0, 0.05) is 12.7 Å². The van der Waals surface area contributed by atoms with Crippen LogP contribution in [0.15, 0.2) is 54.6 Å². The minimum atomic E-state index is 0.484. The molecule has 0 unspecified atom stereocenters.